The number of rotatable bonds is 5. The Hall–Kier alpha value is -3.26. The van der Waals surface area contributed by atoms with Crippen LogP contribution in [0.2, 0.25) is 10.0 Å². The minimum absolute atomic E-state index is 0.246. The van der Waals surface area contributed by atoms with Gasteiger partial charge in [-0.15, -0.1) is 0 Å². The molecule has 0 fully saturated rings. The van der Waals surface area contributed by atoms with Crippen LogP contribution in [-0.2, 0) is 0 Å². The Bertz CT molecular complexity index is 1130. The van der Waals surface area contributed by atoms with Crippen molar-refractivity contribution >= 4 is 40.8 Å². The molecule has 0 amide bonds. The zero-order chi connectivity index (χ0) is 20.8. The third-order valence-electron chi connectivity index (χ3n) is 4.05. The number of nitrogens with zero attached hydrogens (tertiary/aromatic N) is 1. The van der Waals surface area contributed by atoms with Gasteiger partial charge in [0, 0.05) is 5.02 Å². The number of carbonyl (C=O) groups is 1. The largest absolute Gasteiger partial charge is 0.493 e. The van der Waals surface area contributed by atoms with Crippen molar-refractivity contribution in [2.24, 2.45) is 0 Å². The second-order valence-electron chi connectivity index (χ2n) is 5.96. The molecule has 0 heterocycles. The van der Waals surface area contributed by atoms with Gasteiger partial charge in [0.15, 0.2) is 11.5 Å². The van der Waals surface area contributed by atoms with Crippen molar-refractivity contribution < 1.29 is 14.3 Å². The van der Waals surface area contributed by atoms with E-state index in [2.05, 4.69) is 6.07 Å². The Morgan fingerprint density at radius 1 is 1.00 bits per heavy atom. The number of benzene rings is 3. The summed E-state index contributed by atoms with van der Waals surface area (Å²) in [6.45, 7) is 0. The Morgan fingerprint density at radius 3 is 2.48 bits per heavy atom. The van der Waals surface area contributed by atoms with Crippen molar-refractivity contribution in [3.8, 4) is 17.6 Å². The highest BCUT2D eigenvalue weighted by Crippen LogP contribution is 2.31. The number of nitriles is 1. The summed E-state index contributed by atoms with van der Waals surface area (Å²) < 4.78 is 10.8. The molecule has 0 aromatic heterocycles. The summed E-state index contributed by atoms with van der Waals surface area (Å²) in [7, 11) is 1.47. The van der Waals surface area contributed by atoms with Gasteiger partial charge in [-0.2, -0.15) is 5.26 Å². The molecule has 0 saturated heterocycles. The van der Waals surface area contributed by atoms with Gasteiger partial charge in [-0.3, -0.25) is 0 Å². The monoisotopic (exact) mass is 423 g/mol. The SMILES string of the molecule is COc1cc(/C=C(/C#N)c2cccc(Cl)c2)ccc1OC(=O)c1ccccc1Cl. The van der Waals surface area contributed by atoms with E-state index in [4.69, 9.17) is 32.7 Å². The highest BCUT2D eigenvalue weighted by Gasteiger charge is 2.15. The van der Waals surface area contributed by atoms with Gasteiger partial charge in [-0.05, 0) is 53.6 Å². The van der Waals surface area contributed by atoms with Gasteiger partial charge >= 0.3 is 5.97 Å². The smallest absolute Gasteiger partial charge is 0.345 e. The standard InChI is InChI=1S/C23H15Cl2NO3/c1-28-22-12-15(11-17(14-26)16-5-4-6-18(24)13-16)9-10-21(22)29-23(27)19-7-2-3-8-20(19)25/h2-13H,1H3/b17-11-. The van der Waals surface area contributed by atoms with E-state index < -0.39 is 5.97 Å². The Balaban J connectivity index is 1.90. The fourth-order valence-electron chi connectivity index (χ4n) is 2.64. The van der Waals surface area contributed by atoms with Crippen molar-refractivity contribution in [3.63, 3.8) is 0 Å². The number of hydrogen-bond donors (Lipinski definition) is 0. The lowest BCUT2D eigenvalue weighted by molar-refractivity contribution is 0.0730. The molecule has 0 N–H and O–H groups in total. The molecule has 0 spiro atoms. The van der Waals surface area contributed by atoms with Crippen LogP contribution in [0.4, 0.5) is 0 Å². The molecular weight excluding hydrogens is 409 g/mol. The van der Waals surface area contributed by atoms with Crippen molar-refractivity contribution in [2.75, 3.05) is 7.11 Å². The lowest BCUT2D eigenvalue weighted by Gasteiger charge is -2.11. The number of ether oxygens (including phenoxy) is 2. The quantitative estimate of drug-likeness (QED) is 0.209. The topological polar surface area (TPSA) is 59.3 Å². The molecular formula is C23H15Cl2NO3. The van der Waals surface area contributed by atoms with Gasteiger partial charge in [0.25, 0.3) is 0 Å². The first-order valence-corrected chi connectivity index (χ1v) is 9.30. The molecule has 29 heavy (non-hydrogen) atoms. The van der Waals surface area contributed by atoms with Crippen molar-refractivity contribution in [1.82, 2.24) is 0 Å². The van der Waals surface area contributed by atoms with Crippen LogP contribution in [0.5, 0.6) is 11.5 Å². The van der Waals surface area contributed by atoms with Crippen molar-refractivity contribution in [3.05, 3.63) is 93.5 Å². The summed E-state index contributed by atoms with van der Waals surface area (Å²) in [5.74, 6) is 0.00667. The van der Waals surface area contributed by atoms with Crippen molar-refractivity contribution in [2.45, 2.75) is 0 Å². The molecule has 0 aliphatic heterocycles. The molecule has 0 aliphatic carbocycles. The number of esters is 1. The van der Waals surface area contributed by atoms with E-state index in [1.54, 1.807) is 72.8 Å². The Labute approximate surface area is 178 Å². The van der Waals surface area contributed by atoms with Crippen LogP contribution in [0.3, 0.4) is 0 Å². The van der Waals surface area contributed by atoms with E-state index in [1.165, 1.54) is 7.11 Å². The maximum atomic E-state index is 12.4. The third kappa shape index (κ3) is 4.97. The van der Waals surface area contributed by atoms with Crippen LogP contribution in [0.25, 0.3) is 11.6 Å². The predicted octanol–water partition coefficient (Wildman–Crippen LogP) is 6.29. The van der Waals surface area contributed by atoms with Crippen molar-refractivity contribution in [1.29, 1.82) is 5.26 Å². The molecule has 0 atom stereocenters. The minimum Gasteiger partial charge on any atom is -0.493 e. The second-order valence-corrected chi connectivity index (χ2v) is 6.80. The summed E-state index contributed by atoms with van der Waals surface area (Å²) in [4.78, 5) is 12.4. The van der Waals surface area contributed by atoms with Gasteiger partial charge in [0.2, 0.25) is 0 Å². The van der Waals surface area contributed by atoms with E-state index in [-0.39, 0.29) is 11.3 Å². The zero-order valence-corrected chi connectivity index (χ0v) is 16.9. The maximum Gasteiger partial charge on any atom is 0.345 e. The number of halogens is 2. The van der Waals surface area contributed by atoms with Crippen LogP contribution < -0.4 is 9.47 Å². The second kappa shape index (κ2) is 9.29. The Kier molecular flexibility index (Phi) is 6.56. The summed E-state index contributed by atoms with van der Waals surface area (Å²) in [5, 5.41) is 10.4. The number of hydrogen-bond acceptors (Lipinski definition) is 4. The molecule has 3 aromatic rings. The Morgan fingerprint density at radius 2 is 1.79 bits per heavy atom. The predicted molar refractivity (Wildman–Crippen MR) is 114 cm³/mol. The van der Waals surface area contributed by atoms with E-state index in [1.807, 2.05) is 0 Å². The van der Waals surface area contributed by atoms with Gasteiger partial charge < -0.3 is 9.47 Å². The summed E-state index contributed by atoms with van der Waals surface area (Å²) in [6, 6.07) is 20.8. The van der Waals surface area contributed by atoms with E-state index >= 15 is 0 Å². The van der Waals surface area contributed by atoms with E-state index in [9.17, 15) is 10.1 Å². The zero-order valence-electron chi connectivity index (χ0n) is 15.4. The third-order valence-corrected chi connectivity index (χ3v) is 4.62. The number of allylic oxidation sites excluding steroid dienone is 1. The minimum atomic E-state index is -0.589. The molecule has 3 aromatic carbocycles. The average Bonchev–Trinajstić information content (AvgIpc) is 2.73. The van der Waals surface area contributed by atoms with Gasteiger partial charge in [-0.1, -0.05) is 53.5 Å². The summed E-state index contributed by atoms with van der Waals surface area (Å²) >= 11 is 12.1. The highest BCUT2D eigenvalue weighted by atomic mass is 35.5. The van der Waals surface area contributed by atoms with Gasteiger partial charge in [-0.25, -0.2) is 4.79 Å². The molecule has 6 heteroatoms. The van der Waals surface area contributed by atoms with Crippen LogP contribution >= 0.6 is 23.2 Å². The summed E-state index contributed by atoms with van der Waals surface area (Å²) in [5.41, 5.74) is 2.10. The lowest BCUT2D eigenvalue weighted by Crippen LogP contribution is -2.09. The molecule has 0 saturated carbocycles. The first kappa shape index (κ1) is 20.5. The molecule has 0 unspecified atom stereocenters. The first-order chi connectivity index (χ1) is 14.0. The average molecular weight is 424 g/mol. The van der Waals surface area contributed by atoms with Gasteiger partial charge in [0.1, 0.15) is 0 Å². The molecule has 0 aliphatic rings. The fourth-order valence-corrected chi connectivity index (χ4v) is 3.05. The van der Waals surface area contributed by atoms with E-state index in [0.29, 0.717) is 32.5 Å². The fraction of sp³-hybridized carbons (Fsp3) is 0.0435. The van der Waals surface area contributed by atoms with Crippen LogP contribution in [0, 0.1) is 11.3 Å². The van der Waals surface area contributed by atoms with Crippen LogP contribution in [-0.4, -0.2) is 13.1 Å². The van der Waals surface area contributed by atoms with Crippen LogP contribution in [0.1, 0.15) is 21.5 Å². The van der Waals surface area contributed by atoms with E-state index in [0.717, 1.165) is 0 Å². The highest BCUT2D eigenvalue weighted by molar-refractivity contribution is 6.33. The molecule has 4 nitrogen and oxygen atoms in total. The maximum absolute atomic E-state index is 12.4. The first-order valence-electron chi connectivity index (χ1n) is 8.54. The number of methoxy groups -OCH3 is 1. The summed E-state index contributed by atoms with van der Waals surface area (Å²) in [6.07, 6.45) is 1.70. The van der Waals surface area contributed by atoms with Crippen LogP contribution in [0.15, 0.2) is 66.7 Å². The molecule has 3 rings (SSSR count). The normalized spacial score (nSPS) is 10.9. The molecule has 0 bridgehead atoms. The van der Waals surface area contributed by atoms with Gasteiger partial charge in [0.05, 0.1) is 29.3 Å². The molecule has 144 valence electrons. The molecule has 0 radical (unpaired) electrons. The number of carbonyl (C=O) groups excluding carboxylic acids is 1. The lowest BCUT2D eigenvalue weighted by atomic mass is 10.0.